The summed E-state index contributed by atoms with van der Waals surface area (Å²) in [7, 11) is 1.23. The number of rotatable bonds is 6. The maximum atomic E-state index is 13.0. The molecular weight excluding hydrogens is 412 g/mol. The first kappa shape index (κ1) is 22.7. The highest BCUT2D eigenvalue weighted by atomic mass is 32.2. The van der Waals surface area contributed by atoms with Gasteiger partial charge in [-0.2, -0.15) is 0 Å². The normalized spacial score (nSPS) is 10.7. The van der Waals surface area contributed by atoms with Crippen molar-refractivity contribution in [2.45, 2.75) is 39.0 Å². The number of carbonyl (C=O) groups is 1. The predicted octanol–water partition coefficient (Wildman–Crippen LogP) is 6.02. The summed E-state index contributed by atoms with van der Waals surface area (Å²) in [4.78, 5) is 26.0. The Hall–Kier alpha value is -2.99. The van der Waals surface area contributed by atoms with Gasteiger partial charge in [-0.15, -0.1) is 11.8 Å². The van der Waals surface area contributed by atoms with Crippen molar-refractivity contribution in [1.82, 2.24) is 0 Å². The van der Waals surface area contributed by atoms with Gasteiger partial charge in [0.25, 0.3) is 0 Å². The van der Waals surface area contributed by atoms with E-state index in [0.717, 1.165) is 21.6 Å². The standard InChI is InChI=1S/C25H26O5S/c1-15-6-8-20(9-7-15)31-11-10-19-14-21(30-25(27)28-5)23(24(26)29-19)22-17(3)12-16(2)13-18(22)4/h6-9,12-14H,10-11H2,1-5H3. The lowest BCUT2D eigenvalue weighted by atomic mass is 9.94. The molecule has 31 heavy (non-hydrogen) atoms. The first-order valence-corrected chi connectivity index (χ1v) is 11.0. The van der Waals surface area contributed by atoms with Crippen molar-refractivity contribution < 1.29 is 18.7 Å². The van der Waals surface area contributed by atoms with Crippen molar-refractivity contribution in [3.05, 3.63) is 80.9 Å². The van der Waals surface area contributed by atoms with Crippen LogP contribution in [0.2, 0.25) is 0 Å². The van der Waals surface area contributed by atoms with Crippen molar-refractivity contribution in [1.29, 1.82) is 0 Å². The average Bonchev–Trinajstić information content (AvgIpc) is 2.70. The number of aryl methyl sites for hydroxylation is 5. The van der Waals surface area contributed by atoms with E-state index in [1.807, 2.05) is 39.8 Å². The van der Waals surface area contributed by atoms with E-state index in [1.165, 1.54) is 12.7 Å². The Morgan fingerprint density at radius 1 is 0.935 bits per heavy atom. The molecule has 0 amide bonds. The summed E-state index contributed by atoms with van der Waals surface area (Å²) in [5, 5.41) is 0. The monoisotopic (exact) mass is 438 g/mol. The molecule has 3 aromatic rings. The molecular formula is C25H26O5S. The number of benzene rings is 2. The number of methoxy groups -OCH3 is 1. The number of carbonyl (C=O) groups excluding carboxylic acids is 1. The Morgan fingerprint density at radius 2 is 1.58 bits per heavy atom. The minimum atomic E-state index is -0.880. The number of ether oxygens (including phenoxy) is 2. The molecule has 3 rings (SSSR count). The molecule has 2 aromatic carbocycles. The van der Waals surface area contributed by atoms with Gasteiger partial charge in [-0.05, 0) is 56.5 Å². The Balaban J connectivity index is 1.94. The van der Waals surface area contributed by atoms with Crippen LogP contribution in [0, 0.1) is 27.7 Å². The molecule has 0 atom stereocenters. The molecule has 0 unspecified atom stereocenters. The molecule has 0 aliphatic carbocycles. The Morgan fingerprint density at radius 3 is 2.19 bits per heavy atom. The second-order valence-corrected chi connectivity index (χ2v) is 8.65. The molecule has 0 aliphatic rings. The van der Waals surface area contributed by atoms with Crippen molar-refractivity contribution in [3.63, 3.8) is 0 Å². The molecule has 0 N–H and O–H groups in total. The fraction of sp³-hybridized carbons (Fsp3) is 0.280. The van der Waals surface area contributed by atoms with Crippen LogP contribution in [0.3, 0.4) is 0 Å². The lowest BCUT2D eigenvalue weighted by molar-refractivity contribution is 0.121. The third kappa shape index (κ3) is 5.58. The summed E-state index contributed by atoms with van der Waals surface area (Å²) in [6.45, 7) is 7.88. The van der Waals surface area contributed by atoms with E-state index < -0.39 is 11.8 Å². The van der Waals surface area contributed by atoms with Crippen LogP contribution in [0.1, 0.15) is 28.0 Å². The van der Waals surface area contributed by atoms with Gasteiger partial charge in [0, 0.05) is 23.1 Å². The van der Waals surface area contributed by atoms with E-state index in [1.54, 1.807) is 17.8 Å². The zero-order valence-electron chi connectivity index (χ0n) is 18.4. The quantitative estimate of drug-likeness (QED) is 0.346. The largest absolute Gasteiger partial charge is 0.513 e. The van der Waals surface area contributed by atoms with Crippen LogP contribution in [-0.4, -0.2) is 19.0 Å². The summed E-state index contributed by atoms with van der Waals surface area (Å²) < 4.78 is 15.6. The first-order valence-electron chi connectivity index (χ1n) is 9.99. The molecule has 0 saturated carbocycles. The molecule has 162 valence electrons. The highest BCUT2D eigenvalue weighted by Crippen LogP contribution is 2.34. The summed E-state index contributed by atoms with van der Waals surface area (Å²) in [6, 6.07) is 13.8. The van der Waals surface area contributed by atoms with Gasteiger partial charge in [-0.1, -0.05) is 35.4 Å². The fourth-order valence-electron chi connectivity index (χ4n) is 3.56. The van der Waals surface area contributed by atoms with Crippen LogP contribution in [0.15, 0.2) is 56.6 Å². The Kier molecular flexibility index (Phi) is 7.23. The SMILES string of the molecule is COC(=O)Oc1cc(CCSc2ccc(C)cc2)oc(=O)c1-c1c(C)cc(C)cc1C. The van der Waals surface area contributed by atoms with Crippen LogP contribution >= 0.6 is 11.8 Å². The van der Waals surface area contributed by atoms with Gasteiger partial charge < -0.3 is 13.9 Å². The zero-order valence-corrected chi connectivity index (χ0v) is 19.2. The molecule has 0 bridgehead atoms. The molecule has 0 radical (unpaired) electrons. The molecule has 0 saturated heterocycles. The molecule has 1 heterocycles. The topological polar surface area (TPSA) is 65.7 Å². The van der Waals surface area contributed by atoms with Crippen molar-refractivity contribution in [3.8, 4) is 16.9 Å². The smallest absolute Gasteiger partial charge is 0.437 e. The van der Waals surface area contributed by atoms with Crippen LogP contribution in [0.25, 0.3) is 11.1 Å². The number of thioether (sulfide) groups is 1. The van der Waals surface area contributed by atoms with E-state index in [9.17, 15) is 9.59 Å². The number of hydrogen-bond acceptors (Lipinski definition) is 6. The zero-order chi connectivity index (χ0) is 22.5. The van der Waals surface area contributed by atoms with Crippen LogP contribution in [-0.2, 0) is 11.2 Å². The number of hydrogen-bond donors (Lipinski definition) is 0. The summed E-state index contributed by atoms with van der Waals surface area (Å²) in [6.07, 6.45) is -0.369. The third-order valence-corrected chi connectivity index (χ3v) is 5.91. The van der Waals surface area contributed by atoms with E-state index >= 15 is 0 Å². The van der Waals surface area contributed by atoms with Gasteiger partial charge in [0.05, 0.1) is 7.11 Å². The lowest BCUT2D eigenvalue weighted by Gasteiger charge is -2.15. The highest BCUT2D eigenvalue weighted by Gasteiger charge is 2.21. The minimum Gasteiger partial charge on any atom is -0.437 e. The lowest BCUT2D eigenvalue weighted by Crippen LogP contribution is -2.14. The minimum absolute atomic E-state index is 0.147. The maximum Gasteiger partial charge on any atom is 0.513 e. The summed E-state index contributed by atoms with van der Waals surface area (Å²) in [5.74, 6) is 1.31. The van der Waals surface area contributed by atoms with Crippen molar-refractivity contribution >= 4 is 17.9 Å². The molecule has 1 aromatic heterocycles. The summed E-state index contributed by atoms with van der Waals surface area (Å²) >= 11 is 1.67. The van der Waals surface area contributed by atoms with Gasteiger partial charge in [-0.3, -0.25) is 0 Å². The van der Waals surface area contributed by atoms with Crippen LogP contribution < -0.4 is 10.4 Å². The Labute approximate surface area is 186 Å². The molecule has 0 aliphatic heterocycles. The molecule has 6 heteroatoms. The third-order valence-electron chi connectivity index (χ3n) is 4.89. The molecule has 0 fully saturated rings. The molecule has 5 nitrogen and oxygen atoms in total. The summed E-state index contributed by atoms with van der Waals surface area (Å²) in [5.41, 5.74) is 4.51. The van der Waals surface area contributed by atoms with Gasteiger partial charge in [0.15, 0.2) is 5.75 Å². The van der Waals surface area contributed by atoms with E-state index in [4.69, 9.17) is 9.15 Å². The van der Waals surface area contributed by atoms with Crippen molar-refractivity contribution in [2.24, 2.45) is 0 Å². The van der Waals surface area contributed by atoms with Crippen molar-refractivity contribution in [2.75, 3.05) is 12.9 Å². The second-order valence-electron chi connectivity index (χ2n) is 7.48. The fourth-order valence-corrected chi connectivity index (χ4v) is 4.42. The highest BCUT2D eigenvalue weighted by molar-refractivity contribution is 7.99. The molecule has 0 spiro atoms. The van der Waals surface area contributed by atoms with Gasteiger partial charge >= 0.3 is 11.8 Å². The maximum absolute atomic E-state index is 13.0. The first-order chi connectivity index (χ1) is 14.8. The van der Waals surface area contributed by atoms with Gasteiger partial charge in [0.1, 0.15) is 11.3 Å². The van der Waals surface area contributed by atoms with Crippen LogP contribution in [0.5, 0.6) is 5.75 Å². The van der Waals surface area contributed by atoms with E-state index in [2.05, 4.69) is 29.0 Å². The second kappa shape index (κ2) is 9.88. The van der Waals surface area contributed by atoms with Gasteiger partial charge in [-0.25, -0.2) is 9.59 Å². The van der Waals surface area contributed by atoms with E-state index in [-0.39, 0.29) is 11.3 Å². The Bertz CT molecular complexity index is 1120. The predicted molar refractivity (Wildman–Crippen MR) is 123 cm³/mol. The van der Waals surface area contributed by atoms with E-state index in [0.29, 0.717) is 23.5 Å². The van der Waals surface area contributed by atoms with Gasteiger partial charge in [0.2, 0.25) is 0 Å². The van der Waals surface area contributed by atoms with Crippen LogP contribution in [0.4, 0.5) is 4.79 Å². The average molecular weight is 439 g/mol.